The molecule has 1 heterocycles. The first kappa shape index (κ1) is 13.7. The SMILES string of the molecule is CC(N)Cc1c(Cl)cccc1N1CCOCC1C. The van der Waals surface area contributed by atoms with E-state index in [0.29, 0.717) is 6.04 Å². The van der Waals surface area contributed by atoms with Crippen LogP contribution in [0.1, 0.15) is 19.4 Å². The predicted octanol–water partition coefficient (Wildman–Crippen LogP) is 2.45. The number of morpholine rings is 1. The lowest BCUT2D eigenvalue weighted by molar-refractivity contribution is 0.0988. The Morgan fingerprint density at radius 3 is 3.00 bits per heavy atom. The fourth-order valence-electron chi connectivity index (χ4n) is 2.43. The lowest BCUT2D eigenvalue weighted by Gasteiger charge is -2.37. The molecule has 3 nitrogen and oxygen atoms in total. The van der Waals surface area contributed by atoms with E-state index in [1.807, 2.05) is 19.1 Å². The summed E-state index contributed by atoms with van der Waals surface area (Å²) in [4.78, 5) is 2.37. The molecule has 1 aliphatic rings. The zero-order valence-electron chi connectivity index (χ0n) is 11.0. The standard InChI is InChI=1S/C14H21ClN2O/c1-10(16)8-12-13(15)4-3-5-14(12)17-6-7-18-9-11(17)2/h3-5,10-11H,6-9,16H2,1-2H3. The monoisotopic (exact) mass is 268 g/mol. The molecule has 2 unspecified atom stereocenters. The average Bonchev–Trinajstić information content (AvgIpc) is 2.32. The quantitative estimate of drug-likeness (QED) is 0.915. The summed E-state index contributed by atoms with van der Waals surface area (Å²) >= 11 is 6.33. The van der Waals surface area contributed by atoms with Crippen LogP contribution in [0, 0.1) is 0 Å². The Kier molecular flexibility index (Phi) is 4.49. The van der Waals surface area contributed by atoms with Gasteiger partial charge in [-0.15, -0.1) is 0 Å². The van der Waals surface area contributed by atoms with Gasteiger partial charge in [0.05, 0.1) is 13.2 Å². The first-order valence-electron chi connectivity index (χ1n) is 6.47. The largest absolute Gasteiger partial charge is 0.377 e. The van der Waals surface area contributed by atoms with E-state index in [0.717, 1.165) is 36.8 Å². The number of halogens is 1. The Morgan fingerprint density at radius 1 is 1.56 bits per heavy atom. The fraction of sp³-hybridized carbons (Fsp3) is 0.571. The van der Waals surface area contributed by atoms with Crippen molar-refractivity contribution < 1.29 is 4.74 Å². The molecule has 0 saturated carbocycles. The zero-order valence-corrected chi connectivity index (χ0v) is 11.8. The maximum atomic E-state index is 6.33. The predicted molar refractivity (Wildman–Crippen MR) is 76.4 cm³/mol. The molecule has 0 spiro atoms. The average molecular weight is 269 g/mol. The number of benzene rings is 1. The maximum Gasteiger partial charge on any atom is 0.0668 e. The van der Waals surface area contributed by atoms with Crippen molar-refractivity contribution >= 4 is 17.3 Å². The lowest BCUT2D eigenvalue weighted by atomic mass is 10.0. The van der Waals surface area contributed by atoms with E-state index < -0.39 is 0 Å². The highest BCUT2D eigenvalue weighted by Crippen LogP contribution is 2.30. The Hall–Kier alpha value is -0.770. The zero-order chi connectivity index (χ0) is 13.1. The van der Waals surface area contributed by atoms with Gasteiger partial charge in [0.25, 0.3) is 0 Å². The third kappa shape index (κ3) is 2.97. The molecular formula is C14H21ClN2O. The minimum atomic E-state index is 0.111. The molecule has 0 aliphatic carbocycles. The van der Waals surface area contributed by atoms with Crippen molar-refractivity contribution in [1.29, 1.82) is 0 Å². The summed E-state index contributed by atoms with van der Waals surface area (Å²) in [7, 11) is 0. The molecule has 1 saturated heterocycles. The first-order valence-corrected chi connectivity index (χ1v) is 6.84. The summed E-state index contributed by atoms with van der Waals surface area (Å²) in [5, 5.41) is 0.809. The van der Waals surface area contributed by atoms with Crippen LogP contribution >= 0.6 is 11.6 Å². The minimum Gasteiger partial charge on any atom is -0.377 e. The van der Waals surface area contributed by atoms with Crippen molar-refractivity contribution in [3.63, 3.8) is 0 Å². The van der Waals surface area contributed by atoms with E-state index >= 15 is 0 Å². The number of anilines is 1. The Balaban J connectivity index is 2.33. The fourth-order valence-corrected chi connectivity index (χ4v) is 2.67. The highest BCUT2D eigenvalue weighted by Gasteiger charge is 2.22. The van der Waals surface area contributed by atoms with E-state index in [1.54, 1.807) is 0 Å². The van der Waals surface area contributed by atoms with Crippen LogP contribution in [0.4, 0.5) is 5.69 Å². The molecule has 0 aromatic heterocycles. The molecular weight excluding hydrogens is 248 g/mol. The van der Waals surface area contributed by atoms with Crippen LogP contribution in [0.15, 0.2) is 18.2 Å². The minimum absolute atomic E-state index is 0.111. The second-order valence-corrected chi connectivity index (χ2v) is 5.44. The van der Waals surface area contributed by atoms with Crippen molar-refractivity contribution in [2.24, 2.45) is 5.73 Å². The molecule has 0 bridgehead atoms. The summed E-state index contributed by atoms with van der Waals surface area (Å²) < 4.78 is 5.49. The van der Waals surface area contributed by atoms with Crippen LogP contribution in [0.3, 0.4) is 0 Å². The van der Waals surface area contributed by atoms with E-state index in [4.69, 9.17) is 22.1 Å². The van der Waals surface area contributed by atoms with Crippen LogP contribution in [0.25, 0.3) is 0 Å². The molecule has 1 aliphatic heterocycles. The Morgan fingerprint density at radius 2 is 2.33 bits per heavy atom. The second kappa shape index (κ2) is 5.91. The molecule has 18 heavy (non-hydrogen) atoms. The van der Waals surface area contributed by atoms with Gasteiger partial charge >= 0.3 is 0 Å². The van der Waals surface area contributed by atoms with Crippen molar-refractivity contribution in [3.05, 3.63) is 28.8 Å². The van der Waals surface area contributed by atoms with Gasteiger partial charge in [-0.1, -0.05) is 17.7 Å². The van der Waals surface area contributed by atoms with E-state index in [-0.39, 0.29) is 6.04 Å². The molecule has 100 valence electrons. The molecule has 2 N–H and O–H groups in total. The molecule has 0 radical (unpaired) electrons. The smallest absolute Gasteiger partial charge is 0.0668 e. The molecule has 2 rings (SSSR count). The third-order valence-corrected chi connectivity index (χ3v) is 3.65. The number of hydrogen-bond donors (Lipinski definition) is 1. The Bertz CT molecular complexity index is 409. The van der Waals surface area contributed by atoms with E-state index in [9.17, 15) is 0 Å². The molecule has 4 heteroatoms. The number of nitrogens with two attached hydrogens (primary N) is 1. The Labute approximate surface area is 114 Å². The number of ether oxygens (including phenoxy) is 1. The van der Waals surface area contributed by atoms with Crippen molar-refractivity contribution in [3.8, 4) is 0 Å². The van der Waals surface area contributed by atoms with Crippen LogP contribution in [0.5, 0.6) is 0 Å². The topological polar surface area (TPSA) is 38.5 Å². The number of nitrogens with zero attached hydrogens (tertiary/aromatic N) is 1. The van der Waals surface area contributed by atoms with Gasteiger partial charge in [-0.25, -0.2) is 0 Å². The lowest BCUT2D eigenvalue weighted by Crippen LogP contribution is -2.44. The van der Waals surface area contributed by atoms with Gasteiger partial charge < -0.3 is 15.4 Å². The number of hydrogen-bond acceptors (Lipinski definition) is 3. The second-order valence-electron chi connectivity index (χ2n) is 5.04. The third-order valence-electron chi connectivity index (χ3n) is 3.30. The van der Waals surface area contributed by atoms with E-state index in [1.165, 1.54) is 5.69 Å². The van der Waals surface area contributed by atoms with Gasteiger partial charge in [0, 0.05) is 29.3 Å². The molecule has 1 fully saturated rings. The van der Waals surface area contributed by atoms with Crippen molar-refractivity contribution in [1.82, 2.24) is 0 Å². The van der Waals surface area contributed by atoms with Gasteiger partial charge in [-0.3, -0.25) is 0 Å². The van der Waals surface area contributed by atoms with Crippen LogP contribution in [-0.2, 0) is 11.2 Å². The number of rotatable bonds is 3. The molecule has 0 amide bonds. The summed E-state index contributed by atoms with van der Waals surface area (Å²) in [6.45, 7) is 6.64. The normalized spacial score (nSPS) is 22.0. The summed E-state index contributed by atoms with van der Waals surface area (Å²) in [5.74, 6) is 0. The van der Waals surface area contributed by atoms with Gasteiger partial charge in [-0.2, -0.15) is 0 Å². The summed E-state index contributed by atoms with van der Waals surface area (Å²) in [6.07, 6.45) is 0.805. The van der Waals surface area contributed by atoms with E-state index in [2.05, 4.69) is 17.9 Å². The summed E-state index contributed by atoms with van der Waals surface area (Å²) in [5.41, 5.74) is 8.28. The van der Waals surface area contributed by atoms with Gasteiger partial charge in [0.1, 0.15) is 0 Å². The highest BCUT2D eigenvalue weighted by atomic mass is 35.5. The van der Waals surface area contributed by atoms with Gasteiger partial charge in [0.2, 0.25) is 0 Å². The van der Waals surface area contributed by atoms with Crippen molar-refractivity contribution in [2.45, 2.75) is 32.4 Å². The highest BCUT2D eigenvalue weighted by molar-refractivity contribution is 6.31. The molecule has 1 aromatic carbocycles. The van der Waals surface area contributed by atoms with Crippen LogP contribution in [0.2, 0.25) is 5.02 Å². The summed E-state index contributed by atoms with van der Waals surface area (Å²) in [6, 6.07) is 6.56. The van der Waals surface area contributed by atoms with Crippen LogP contribution < -0.4 is 10.6 Å². The maximum absolute atomic E-state index is 6.33. The first-order chi connectivity index (χ1) is 8.59. The van der Waals surface area contributed by atoms with Crippen LogP contribution in [-0.4, -0.2) is 31.8 Å². The van der Waals surface area contributed by atoms with Gasteiger partial charge in [0.15, 0.2) is 0 Å². The van der Waals surface area contributed by atoms with Crippen molar-refractivity contribution in [2.75, 3.05) is 24.7 Å². The molecule has 2 atom stereocenters. The molecule has 1 aromatic rings. The van der Waals surface area contributed by atoms with Gasteiger partial charge in [-0.05, 0) is 38.0 Å².